The van der Waals surface area contributed by atoms with Gasteiger partial charge < -0.3 is 19.7 Å². The second-order valence-corrected chi connectivity index (χ2v) is 7.16. The van der Waals surface area contributed by atoms with E-state index in [1.807, 2.05) is 18.2 Å². The second kappa shape index (κ2) is 7.76. The highest BCUT2D eigenvalue weighted by molar-refractivity contribution is 7.12. The van der Waals surface area contributed by atoms with E-state index in [9.17, 15) is 10.2 Å². The topological polar surface area (TPSA) is 58.9 Å². The zero-order valence-corrected chi connectivity index (χ0v) is 14.8. The molecule has 5 heteroatoms. The molecule has 0 atom stereocenters. The van der Waals surface area contributed by atoms with Crippen LogP contribution in [-0.2, 0) is 41.3 Å². The predicted octanol–water partition coefficient (Wildman–Crippen LogP) is 3.13. The lowest BCUT2D eigenvalue weighted by atomic mass is 10.0. The summed E-state index contributed by atoms with van der Waals surface area (Å²) < 4.78 is 11.7. The van der Waals surface area contributed by atoms with Gasteiger partial charge in [0.05, 0.1) is 31.3 Å². The van der Waals surface area contributed by atoms with E-state index in [4.69, 9.17) is 9.47 Å². The maximum Gasteiger partial charge on any atom is 0.204 e. The van der Waals surface area contributed by atoms with Crippen molar-refractivity contribution in [2.45, 2.75) is 45.2 Å². The summed E-state index contributed by atoms with van der Waals surface area (Å²) in [7, 11) is 0. The van der Waals surface area contributed by atoms with Gasteiger partial charge in [-0.05, 0) is 41.7 Å². The van der Waals surface area contributed by atoms with Gasteiger partial charge in [-0.1, -0.05) is 25.1 Å². The van der Waals surface area contributed by atoms with Crippen LogP contribution in [0.5, 0.6) is 0 Å². The van der Waals surface area contributed by atoms with E-state index >= 15 is 0 Å². The van der Waals surface area contributed by atoms with E-state index in [2.05, 4.69) is 19.1 Å². The number of benzene rings is 1. The van der Waals surface area contributed by atoms with Crippen molar-refractivity contribution in [2.75, 3.05) is 13.2 Å². The minimum Gasteiger partial charge on any atom is -0.392 e. The fourth-order valence-electron chi connectivity index (χ4n) is 3.10. The largest absolute Gasteiger partial charge is 0.392 e. The number of aliphatic hydroxyl groups is 2. The Morgan fingerprint density at radius 1 is 1.00 bits per heavy atom. The van der Waals surface area contributed by atoms with Crippen molar-refractivity contribution in [3.05, 3.63) is 56.8 Å². The van der Waals surface area contributed by atoms with Crippen LogP contribution in [0.15, 0.2) is 30.3 Å². The molecule has 4 nitrogen and oxygen atoms in total. The summed E-state index contributed by atoms with van der Waals surface area (Å²) in [5, 5.41) is 18.7. The van der Waals surface area contributed by atoms with Crippen LogP contribution in [-0.4, -0.2) is 23.4 Å². The van der Waals surface area contributed by atoms with E-state index in [-0.39, 0.29) is 13.2 Å². The van der Waals surface area contributed by atoms with Crippen LogP contribution in [0.2, 0.25) is 0 Å². The summed E-state index contributed by atoms with van der Waals surface area (Å²) >= 11 is 1.75. The van der Waals surface area contributed by atoms with Gasteiger partial charge >= 0.3 is 0 Å². The Morgan fingerprint density at radius 2 is 1.75 bits per heavy atom. The van der Waals surface area contributed by atoms with Crippen LogP contribution < -0.4 is 0 Å². The Hall–Kier alpha value is -1.24. The molecule has 0 saturated carbocycles. The first kappa shape index (κ1) is 17.6. The molecular formula is C19H24O4S. The average Bonchev–Trinajstić information content (AvgIpc) is 3.29. The molecule has 2 N–H and O–H groups in total. The molecule has 1 aromatic carbocycles. The molecule has 1 aromatic heterocycles. The van der Waals surface area contributed by atoms with Gasteiger partial charge in [-0.15, -0.1) is 11.3 Å². The molecule has 0 unspecified atom stereocenters. The van der Waals surface area contributed by atoms with Crippen molar-refractivity contribution in [3.8, 4) is 0 Å². The van der Waals surface area contributed by atoms with Crippen molar-refractivity contribution in [1.29, 1.82) is 0 Å². The number of hydrogen-bond donors (Lipinski definition) is 2. The van der Waals surface area contributed by atoms with Gasteiger partial charge in [0.1, 0.15) is 0 Å². The van der Waals surface area contributed by atoms with Gasteiger partial charge in [0, 0.05) is 11.3 Å². The number of rotatable bonds is 7. The highest BCUT2D eigenvalue weighted by Crippen LogP contribution is 2.38. The summed E-state index contributed by atoms with van der Waals surface area (Å²) in [5.41, 5.74) is 2.77. The molecule has 0 aliphatic carbocycles. The molecule has 0 spiro atoms. The van der Waals surface area contributed by atoms with Gasteiger partial charge in [0.25, 0.3) is 0 Å². The maximum atomic E-state index is 9.40. The van der Waals surface area contributed by atoms with E-state index in [0.29, 0.717) is 13.2 Å². The van der Waals surface area contributed by atoms with Crippen molar-refractivity contribution in [1.82, 2.24) is 0 Å². The summed E-state index contributed by atoms with van der Waals surface area (Å²) in [6, 6.07) is 10.2. The number of thiophene rings is 1. The highest BCUT2D eigenvalue weighted by Gasteiger charge is 2.37. The Labute approximate surface area is 146 Å². The lowest BCUT2D eigenvalue weighted by Gasteiger charge is -2.24. The van der Waals surface area contributed by atoms with E-state index in [1.54, 1.807) is 11.3 Å². The van der Waals surface area contributed by atoms with Crippen molar-refractivity contribution < 1.29 is 19.7 Å². The first-order valence-corrected chi connectivity index (χ1v) is 9.22. The summed E-state index contributed by atoms with van der Waals surface area (Å²) in [5.74, 6) is -0.546. The molecule has 24 heavy (non-hydrogen) atoms. The molecule has 2 heterocycles. The molecular weight excluding hydrogens is 324 g/mol. The molecule has 1 aliphatic heterocycles. The van der Waals surface area contributed by atoms with E-state index in [1.165, 1.54) is 10.4 Å². The van der Waals surface area contributed by atoms with Crippen LogP contribution in [0.1, 0.15) is 39.8 Å². The molecule has 1 saturated heterocycles. The highest BCUT2D eigenvalue weighted by atomic mass is 32.1. The molecule has 130 valence electrons. The van der Waals surface area contributed by atoms with Crippen LogP contribution in [0.25, 0.3) is 0 Å². The minimum absolute atomic E-state index is 0.0381. The van der Waals surface area contributed by atoms with Gasteiger partial charge in [0.15, 0.2) is 0 Å². The van der Waals surface area contributed by atoms with Gasteiger partial charge in [0.2, 0.25) is 5.79 Å². The molecule has 1 fully saturated rings. The third-order valence-electron chi connectivity index (χ3n) is 4.53. The Morgan fingerprint density at radius 3 is 2.42 bits per heavy atom. The molecule has 0 radical (unpaired) electrons. The second-order valence-electron chi connectivity index (χ2n) is 5.99. The Bertz CT molecular complexity index is 674. The summed E-state index contributed by atoms with van der Waals surface area (Å²) in [6.07, 6.45) is 2.66. The minimum atomic E-state index is -0.546. The fraction of sp³-hybridized carbons (Fsp3) is 0.474. The zero-order valence-electron chi connectivity index (χ0n) is 14.0. The standard InChI is InChI=1S/C19H24O4S/c1-2-19(22-9-10-23-19)18-8-7-17(24-18)6-4-14-3-5-15(12-20)16(11-14)13-21/h3,5,7-8,11,20-21H,2,4,6,9-10,12-13H2,1H3. The maximum absolute atomic E-state index is 9.40. The molecule has 0 amide bonds. The van der Waals surface area contributed by atoms with Gasteiger partial charge in [-0.25, -0.2) is 0 Å². The van der Waals surface area contributed by atoms with E-state index < -0.39 is 5.79 Å². The Kier molecular flexibility index (Phi) is 5.69. The van der Waals surface area contributed by atoms with Crippen LogP contribution in [0, 0.1) is 0 Å². The first-order chi connectivity index (χ1) is 11.7. The lowest BCUT2D eigenvalue weighted by molar-refractivity contribution is -0.164. The molecule has 1 aliphatic rings. The SMILES string of the molecule is CCC1(c2ccc(CCc3ccc(CO)c(CO)c3)s2)OCCO1. The third kappa shape index (κ3) is 3.55. The van der Waals surface area contributed by atoms with Crippen LogP contribution in [0.3, 0.4) is 0 Å². The summed E-state index contributed by atoms with van der Waals surface area (Å²) in [6.45, 7) is 3.32. The lowest BCUT2D eigenvalue weighted by Crippen LogP contribution is -2.24. The zero-order chi connectivity index (χ0) is 17.0. The number of ether oxygens (including phenoxy) is 2. The monoisotopic (exact) mass is 348 g/mol. The Balaban J connectivity index is 1.67. The average molecular weight is 348 g/mol. The van der Waals surface area contributed by atoms with Crippen LogP contribution in [0.4, 0.5) is 0 Å². The van der Waals surface area contributed by atoms with Crippen molar-refractivity contribution in [3.63, 3.8) is 0 Å². The summed E-state index contributed by atoms with van der Waals surface area (Å²) in [4.78, 5) is 2.44. The van der Waals surface area contributed by atoms with Crippen molar-refractivity contribution >= 4 is 11.3 Å². The molecule has 0 bridgehead atoms. The normalized spacial score (nSPS) is 16.6. The first-order valence-electron chi connectivity index (χ1n) is 8.40. The van der Waals surface area contributed by atoms with E-state index in [0.717, 1.165) is 35.3 Å². The van der Waals surface area contributed by atoms with Crippen molar-refractivity contribution in [2.24, 2.45) is 0 Å². The van der Waals surface area contributed by atoms with Crippen LogP contribution >= 0.6 is 11.3 Å². The molecule has 3 rings (SSSR count). The smallest absolute Gasteiger partial charge is 0.204 e. The number of aryl methyl sites for hydroxylation is 2. The molecule has 2 aromatic rings. The van der Waals surface area contributed by atoms with Gasteiger partial charge in [-0.2, -0.15) is 0 Å². The number of aliphatic hydroxyl groups excluding tert-OH is 2. The van der Waals surface area contributed by atoms with Gasteiger partial charge in [-0.3, -0.25) is 0 Å². The quantitative estimate of drug-likeness (QED) is 0.807. The third-order valence-corrected chi connectivity index (χ3v) is 5.80. The fourth-order valence-corrected chi connectivity index (χ4v) is 4.27. The predicted molar refractivity (Wildman–Crippen MR) is 93.9 cm³/mol. The number of hydrogen-bond acceptors (Lipinski definition) is 5.